The Morgan fingerprint density at radius 3 is 2.86 bits per heavy atom. The maximum absolute atomic E-state index is 12.9. The number of carbonyl (C=O) groups is 1. The molecule has 4 nitrogen and oxygen atoms in total. The van der Waals surface area contributed by atoms with Crippen LogP contribution < -0.4 is 0 Å². The van der Waals surface area contributed by atoms with Gasteiger partial charge in [-0.15, -0.1) is 0 Å². The van der Waals surface area contributed by atoms with Crippen molar-refractivity contribution < 1.29 is 9.90 Å². The lowest BCUT2D eigenvalue weighted by molar-refractivity contribution is 0.0474. The Hall–Kier alpha value is -3.11. The smallest absolute Gasteiger partial charge is 0.253 e. The van der Waals surface area contributed by atoms with Crippen molar-refractivity contribution in [2.75, 3.05) is 13.1 Å². The van der Waals surface area contributed by atoms with Crippen LogP contribution in [-0.2, 0) is 0 Å². The molecule has 2 N–H and O–H groups in total. The van der Waals surface area contributed by atoms with Gasteiger partial charge in [-0.1, -0.05) is 36.4 Å². The summed E-state index contributed by atoms with van der Waals surface area (Å²) < 4.78 is 0. The zero-order valence-electron chi connectivity index (χ0n) is 15.6. The first-order chi connectivity index (χ1) is 13.7. The minimum atomic E-state index is -0.410. The van der Waals surface area contributed by atoms with E-state index in [1.807, 2.05) is 36.5 Å². The predicted octanol–water partition coefficient (Wildman–Crippen LogP) is 4.59. The van der Waals surface area contributed by atoms with Gasteiger partial charge in [-0.3, -0.25) is 4.79 Å². The molecule has 5 rings (SSSR count). The highest BCUT2D eigenvalue weighted by Crippen LogP contribution is 2.31. The lowest BCUT2D eigenvalue weighted by Gasteiger charge is -2.30. The van der Waals surface area contributed by atoms with Crippen molar-refractivity contribution >= 4 is 27.6 Å². The van der Waals surface area contributed by atoms with Crippen LogP contribution in [0.15, 0.2) is 66.9 Å². The molecule has 28 heavy (non-hydrogen) atoms. The summed E-state index contributed by atoms with van der Waals surface area (Å²) in [6.07, 6.45) is 3.17. The number of amides is 1. The first kappa shape index (κ1) is 17.0. The molecule has 0 spiro atoms. The zero-order valence-corrected chi connectivity index (χ0v) is 15.6. The van der Waals surface area contributed by atoms with Gasteiger partial charge in [-0.2, -0.15) is 0 Å². The van der Waals surface area contributed by atoms with Gasteiger partial charge in [0.25, 0.3) is 5.91 Å². The molecule has 1 aliphatic rings. The van der Waals surface area contributed by atoms with Crippen LogP contribution in [0.2, 0.25) is 0 Å². The fraction of sp³-hybridized carbons (Fsp3) is 0.208. The van der Waals surface area contributed by atoms with Crippen LogP contribution in [0.1, 0.15) is 23.2 Å². The van der Waals surface area contributed by atoms with Crippen LogP contribution in [0.3, 0.4) is 0 Å². The first-order valence-corrected chi connectivity index (χ1v) is 9.77. The second kappa shape index (κ2) is 6.80. The Bertz CT molecular complexity index is 1180. The average Bonchev–Trinajstić information content (AvgIpc) is 3.20. The summed E-state index contributed by atoms with van der Waals surface area (Å²) in [6.45, 7) is 1.14. The summed E-state index contributed by atoms with van der Waals surface area (Å²) in [4.78, 5) is 17.9. The number of likely N-dealkylation sites (tertiary alicyclic amines) is 1. The summed E-state index contributed by atoms with van der Waals surface area (Å²) >= 11 is 0. The second-order valence-corrected chi connectivity index (χ2v) is 7.57. The standard InChI is InChI=1S/C24H22N2O2/c27-20-4-2-12-26(15-20)24(28)19-8-9-22-17(13-19)3-1-5-21(22)18-7-6-16-10-11-25-23(16)14-18/h1,3,5-11,13-14,20,25,27H,2,4,12,15H2. The van der Waals surface area contributed by atoms with E-state index in [2.05, 4.69) is 35.3 Å². The normalized spacial score (nSPS) is 17.3. The molecule has 0 aliphatic carbocycles. The maximum atomic E-state index is 12.9. The largest absolute Gasteiger partial charge is 0.391 e. The van der Waals surface area contributed by atoms with Crippen LogP contribution in [0.25, 0.3) is 32.8 Å². The van der Waals surface area contributed by atoms with Gasteiger partial charge in [-0.25, -0.2) is 0 Å². The Balaban J connectivity index is 1.53. The maximum Gasteiger partial charge on any atom is 0.253 e. The number of aromatic amines is 1. The van der Waals surface area contributed by atoms with Crippen molar-refractivity contribution in [2.45, 2.75) is 18.9 Å². The number of aliphatic hydroxyl groups excluding tert-OH is 1. The number of rotatable bonds is 2. The molecule has 4 heteroatoms. The third-order valence-electron chi connectivity index (χ3n) is 5.68. The van der Waals surface area contributed by atoms with E-state index in [0.29, 0.717) is 18.7 Å². The highest BCUT2D eigenvalue weighted by atomic mass is 16.3. The molecule has 1 fully saturated rings. The number of benzene rings is 3. The number of hydrogen-bond acceptors (Lipinski definition) is 2. The molecule has 2 heterocycles. The number of fused-ring (bicyclic) bond motifs is 2. The molecule has 1 aliphatic heterocycles. The number of nitrogens with zero attached hydrogens (tertiary/aromatic N) is 1. The summed E-state index contributed by atoms with van der Waals surface area (Å²) in [5, 5.41) is 13.2. The van der Waals surface area contributed by atoms with E-state index in [-0.39, 0.29) is 5.91 Å². The van der Waals surface area contributed by atoms with Gasteiger partial charge in [0.2, 0.25) is 0 Å². The molecule has 4 aromatic rings. The Morgan fingerprint density at radius 2 is 1.96 bits per heavy atom. The fourth-order valence-corrected chi connectivity index (χ4v) is 4.21. The minimum absolute atomic E-state index is 0.00106. The Morgan fingerprint density at radius 1 is 1.04 bits per heavy atom. The van der Waals surface area contributed by atoms with Crippen LogP contribution in [0.4, 0.5) is 0 Å². The molecular weight excluding hydrogens is 348 g/mol. The summed E-state index contributed by atoms with van der Waals surface area (Å²) in [5.74, 6) is -0.00106. The van der Waals surface area contributed by atoms with Crippen LogP contribution >= 0.6 is 0 Å². The quantitative estimate of drug-likeness (QED) is 0.542. The van der Waals surface area contributed by atoms with E-state index < -0.39 is 6.10 Å². The SMILES string of the molecule is O=C(c1ccc2c(-c3ccc4cc[nH]c4c3)cccc2c1)N1CCCC(O)C1. The number of aromatic nitrogens is 1. The number of hydrogen-bond donors (Lipinski definition) is 2. The highest BCUT2D eigenvalue weighted by molar-refractivity contribution is 6.03. The highest BCUT2D eigenvalue weighted by Gasteiger charge is 2.23. The molecule has 1 aromatic heterocycles. The monoisotopic (exact) mass is 370 g/mol. The van der Waals surface area contributed by atoms with Crippen molar-refractivity contribution in [1.82, 2.24) is 9.88 Å². The van der Waals surface area contributed by atoms with Crippen LogP contribution in [0, 0.1) is 0 Å². The summed E-state index contributed by atoms with van der Waals surface area (Å²) in [7, 11) is 0. The van der Waals surface area contributed by atoms with E-state index in [1.54, 1.807) is 4.90 Å². The number of H-pyrrole nitrogens is 1. The molecule has 1 amide bonds. The minimum Gasteiger partial charge on any atom is -0.391 e. The van der Waals surface area contributed by atoms with Crippen molar-refractivity contribution in [3.05, 3.63) is 72.4 Å². The molecule has 1 atom stereocenters. The van der Waals surface area contributed by atoms with Gasteiger partial charge >= 0.3 is 0 Å². The molecule has 0 bridgehead atoms. The molecule has 140 valence electrons. The number of piperidine rings is 1. The van der Waals surface area contributed by atoms with E-state index in [1.165, 1.54) is 5.39 Å². The number of carbonyl (C=O) groups excluding carboxylic acids is 1. The van der Waals surface area contributed by atoms with Gasteiger partial charge < -0.3 is 15.0 Å². The van der Waals surface area contributed by atoms with Crippen LogP contribution in [-0.4, -0.2) is 40.1 Å². The van der Waals surface area contributed by atoms with Gasteiger partial charge in [0, 0.05) is 30.4 Å². The zero-order chi connectivity index (χ0) is 19.1. The molecule has 3 aromatic carbocycles. The van der Waals surface area contributed by atoms with E-state index in [0.717, 1.165) is 40.3 Å². The molecule has 0 radical (unpaired) electrons. The lowest BCUT2D eigenvalue weighted by atomic mass is 9.96. The van der Waals surface area contributed by atoms with Crippen LogP contribution in [0.5, 0.6) is 0 Å². The Labute approximate surface area is 163 Å². The van der Waals surface area contributed by atoms with Gasteiger partial charge in [0.05, 0.1) is 6.10 Å². The average molecular weight is 370 g/mol. The fourth-order valence-electron chi connectivity index (χ4n) is 4.21. The van der Waals surface area contributed by atoms with Crippen molar-refractivity contribution in [3.63, 3.8) is 0 Å². The second-order valence-electron chi connectivity index (χ2n) is 7.57. The molecule has 1 unspecified atom stereocenters. The number of β-amino-alcohol motifs (C(OH)–C–C–N with tert-alkyl or cyclic N) is 1. The predicted molar refractivity (Wildman–Crippen MR) is 112 cm³/mol. The topological polar surface area (TPSA) is 56.3 Å². The molecular formula is C24H22N2O2. The van der Waals surface area contributed by atoms with Gasteiger partial charge in [-0.05, 0) is 64.4 Å². The third kappa shape index (κ3) is 2.96. The first-order valence-electron chi connectivity index (χ1n) is 9.77. The Kier molecular flexibility index (Phi) is 4.14. The van der Waals surface area contributed by atoms with Crippen molar-refractivity contribution in [1.29, 1.82) is 0 Å². The van der Waals surface area contributed by atoms with Gasteiger partial charge in [0.15, 0.2) is 0 Å². The van der Waals surface area contributed by atoms with Crippen molar-refractivity contribution in [3.8, 4) is 11.1 Å². The van der Waals surface area contributed by atoms with Gasteiger partial charge in [0.1, 0.15) is 0 Å². The summed E-state index contributed by atoms with van der Waals surface area (Å²) in [5.41, 5.74) is 4.10. The number of aliphatic hydroxyl groups is 1. The van der Waals surface area contributed by atoms with E-state index in [9.17, 15) is 9.90 Å². The van der Waals surface area contributed by atoms with E-state index >= 15 is 0 Å². The molecule has 0 saturated carbocycles. The third-order valence-corrected chi connectivity index (χ3v) is 5.68. The van der Waals surface area contributed by atoms with E-state index in [4.69, 9.17) is 0 Å². The molecule has 1 saturated heterocycles. The number of nitrogens with one attached hydrogen (secondary N) is 1. The van der Waals surface area contributed by atoms with Crippen molar-refractivity contribution in [2.24, 2.45) is 0 Å². The summed E-state index contributed by atoms with van der Waals surface area (Å²) in [6, 6.07) is 20.6. The lowest BCUT2D eigenvalue weighted by Crippen LogP contribution is -2.42.